The van der Waals surface area contributed by atoms with Crippen molar-refractivity contribution in [2.45, 2.75) is 38.3 Å². The Kier molecular flexibility index (Phi) is 5.69. The Bertz CT molecular complexity index is 1190. The van der Waals surface area contributed by atoms with Crippen LogP contribution in [0.2, 0.25) is 0 Å². The molecule has 0 saturated carbocycles. The predicted molar refractivity (Wildman–Crippen MR) is 119 cm³/mol. The number of thiophene rings is 1. The van der Waals surface area contributed by atoms with Crippen LogP contribution in [0.1, 0.15) is 17.4 Å². The van der Waals surface area contributed by atoms with Crippen LogP contribution in [-0.2, 0) is 12.4 Å². The van der Waals surface area contributed by atoms with Gasteiger partial charge in [-0.3, -0.25) is 14.8 Å². The Morgan fingerprint density at radius 3 is 2.63 bits per heavy atom. The zero-order valence-electron chi connectivity index (χ0n) is 16.8. The molecule has 8 nitrogen and oxygen atoms in total. The molecule has 154 valence electrons. The Balaban J connectivity index is 1.64. The van der Waals surface area contributed by atoms with Gasteiger partial charge < -0.3 is 4.57 Å². The quantitative estimate of drug-likeness (QED) is 0.224. The highest BCUT2D eigenvalue weighted by Crippen LogP contribution is 2.39. The van der Waals surface area contributed by atoms with E-state index in [-0.39, 0.29) is 5.69 Å². The third-order valence-corrected chi connectivity index (χ3v) is 6.61. The molecule has 0 unspecified atom stereocenters. The second-order valence-electron chi connectivity index (χ2n) is 6.77. The van der Waals surface area contributed by atoms with Gasteiger partial charge in [0.25, 0.3) is 0 Å². The molecule has 4 rings (SSSR count). The van der Waals surface area contributed by atoms with Gasteiger partial charge in [-0.05, 0) is 26.3 Å². The summed E-state index contributed by atoms with van der Waals surface area (Å²) >= 11 is 3.15. The highest BCUT2D eigenvalue weighted by atomic mass is 32.2. The van der Waals surface area contributed by atoms with Crippen LogP contribution >= 0.6 is 23.1 Å². The zero-order chi connectivity index (χ0) is 21.3. The molecule has 3 heterocycles. The fourth-order valence-electron chi connectivity index (χ4n) is 3.22. The predicted octanol–water partition coefficient (Wildman–Crippen LogP) is 5.16. The van der Waals surface area contributed by atoms with Crippen LogP contribution in [0.5, 0.6) is 0 Å². The Morgan fingerprint density at radius 1 is 1.20 bits per heavy atom. The molecule has 1 aromatic carbocycles. The topological polar surface area (TPSA) is 91.7 Å². The molecule has 0 amide bonds. The molecule has 0 spiro atoms. The molecule has 0 aliphatic carbocycles. The van der Waals surface area contributed by atoms with E-state index in [1.54, 1.807) is 11.3 Å². The first kappa shape index (κ1) is 20.3. The number of nitro groups is 1. The molecule has 10 heteroatoms. The Labute approximate surface area is 181 Å². The molecular weight excluding hydrogens is 420 g/mol. The van der Waals surface area contributed by atoms with Gasteiger partial charge in [-0.1, -0.05) is 41.6 Å². The van der Waals surface area contributed by atoms with Crippen molar-refractivity contribution in [2.24, 2.45) is 0 Å². The molecule has 0 aliphatic heterocycles. The summed E-state index contributed by atoms with van der Waals surface area (Å²) in [5, 5.41) is 26.6. The third-order valence-electron chi connectivity index (χ3n) is 4.75. The lowest BCUT2D eigenvalue weighted by molar-refractivity contribution is -0.385. The SMILES string of the molecule is CCn1c(SCn2cc([N+](=O)[O-])cn2)nnc1-c1csc(C)c1-c1ccc(C)cc1. The lowest BCUT2D eigenvalue weighted by Gasteiger charge is -2.09. The van der Waals surface area contributed by atoms with E-state index < -0.39 is 4.92 Å². The van der Waals surface area contributed by atoms with Crippen LogP contribution in [0.4, 0.5) is 5.69 Å². The number of benzene rings is 1. The largest absolute Gasteiger partial charge is 0.307 e. The van der Waals surface area contributed by atoms with E-state index in [4.69, 9.17) is 0 Å². The van der Waals surface area contributed by atoms with E-state index in [0.29, 0.717) is 12.4 Å². The van der Waals surface area contributed by atoms with Crippen molar-refractivity contribution in [2.75, 3.05) is 0 Å². The van der Waals surface area contributed by atoms with E-state index in [0.717, 1.165) is 22.1 Å². The van der Waals surface area contributed by atoms with Gasteiger partial charge in [0, 0.05) is 27.9 Å². The molecule has 0 bridgehead atoms. The van der Waals surface area contributed by atoms with Gasteiger partial charge in [-0.15, -0.1) is 21.5 Å². The smallest absolute Gasteiger partial charge is 0.302 e. The van der Waals surface area contributed by atoms with Crippen LogP contribution in [0.3, 0.4) is 0 Å². The summed E-state index contributed by atoms with van der Waals surface area (Å²) < 4.78 is 3.60. The highest BCUT2D eigenvalue weighted by molar-refractivity contribution is 7.98. The van der Waals surface area contributed by atoms with Crippen LogP contribution in [0.15, 0.2) is 47.2 Å². The monoisotopic (exact) mass is 440 g/mol. The molecular formula is C20H20N6O2S2. The van der Waals surface area contributed by atoms with Gasteiger partial charge in [-0.25, -0.2) is 0 Å². The van der Waals surface area contributed by atoms with Crippen molar-refractivity contribution >= 4 is 28.8 Å². The minimum Gasteiger partial charge on any atom is -0.302 e. The van der Waals surface area contributed by atoms with E-state index in [1.807, 2.05) is 0 Å². The molecule has 0 N–H and O–H groups in total. The molecule has 0 aliphatic rings. The molecule has 30 heavy (non-hydrogen) atoms. The number of thioether (sulfide) groups is 1. The number of hydrogen-bond donors (Lipinski definition) is 0. The zero-order valence-corrected chi connectivity index (χ0v) is 18.4. The molecule has 4 aromatic rings. The van der Waals surface area contributed by atoms with Crippen LogP contribution in [0.25, 0.3) is 22.5 Å². The van der Waals surface area contributed by atoms with Crippen molar-refractivity contribution in [1.29, 1.82) is 0 Å². The van der Waals surface area contributed by atoms with Crippen LogP contribution in [0, 0.1) is 24.0 Å². The van der Waals surface area contributed by atoms with Gasteiger partial charge in [0.2, 0.25) is 0 Å². The van der Waals surface area contributed by atoms with Crippen molar-refractivity contribution in [3.8, 4) is 22.5 Å². The molecule has 0 radical (unpaired) electrons. The Morgan fingerprint density at radius 2 is 1.97 bits per heavy atom. The highest BCUT2D eigenvalue weighted by Gasteiger charge is 2.20. The molecule has 0 fully saturated rings. The van der Waals surface area contributed by atoms with E-state index in [9.17, 15) is 10.1 Å². The lowest BCUT2D eigenvalue weighted by atomic mass is 10.0. The van der Waals surface area contributed by atoms with Crippen LogP contribution in [-0.4, -0.2) is 29.5 Å². The van der Waals surface area contributed by atoms with Gasteiger partial charge >= 0.3 is 5.69 Å². The summed E-state index contributed by atoms with van der Waals surface area (Å²) in [7, 11) is 0. The normalized spacial score (nSPS) is 11.2. The first-order chi connectivity index (χ1) is 14.5. The summed E-state index contributed by atoms with van der Waals surface area (Å²) in [5.74, 6) is 1.24. The number of nitrogens with zero attached hydrogens (tertiary/aromatic N) is 6. The first-order valence-corrected chi connectivity index (χ1v) is 11.2. The van der Waals surface area contributed by atoms with Crippen molar-refractivity contribution in [3.63, 3.8) is 0 Å². The third kappa shape index (κ3) is 3.88. The lowest BCUT2D eigenvalue weighted by Crippen LogP contribution is -2.02. The Hall–Kier alpha value is -2.98. The van der Waals surface area contributed by atoms with E-state index in [1.165, 1.54) is 44.8 Å². The van der Waals surface area contributed by atoms with E-state index >= 15 is 0 Å². The number of rotatable bonds is 7. The average Bonchev–Trinajstić information content (AvgIpc) is 3.44. The van der Waals surface area contributed by atoms with Gasteiger partial charge in [-0.2, -0.15) is 5.10 Å². The fraction of sp³-hybridized carbons (Fsp3) is 0.250. The van der Waals surface area contributed by atoms with Gasteiger partial charge in [0.05, 0.1) is 10.8 Å². The summed E-state index contributed by atoms with van der Waals surface area (Å²) in [4.78, 5) is 11.6. The fourth-order valence-corrected chi connectivity index (χ4v) is 4.94. The number of aryl methyl sites for hydroxylation is 2. The molecule has 3 aromatic heterocycles. The minimum atomic E-state index is -0.452. The first-order valence-electron chi connectivity index (χ1n) is 9.36. The summed E-state index contributed by atoms with van der Waals surface area (Å²) in [6, 6.07) is 8.51. The van der Waals surface area contributed by atoms with Crippen molar-refractivity contribution < 1.29 is 4.92 Å². The van der Waals surface area contributed by atoms with Gasteiger partial charge in [0.15, 0.2) is 11.0 Å². The molecule has 0 atom stereocenters. The number of hydrogen-bond acceptors (Lipinski definition) is 7. The summed E-state index contributed by atoms with van der Waals surface area (Å²) in [5.41, 5.74) is 4.61. The van der Waals surface area contributed by atoms with E-state index in [2.05, 4.69) is 70.3 Å². The van der Waals surface area contributed by atoms with Crippen molar-refractivity contribution in [1.82, 2.24) is 24.5 Å². The molecule has 0 saturated heterocycles. The standard InChI is InChI=1S/C20H20N6O2S2/c1-4-25-19(17-11-29-14(3)18(17)15-7-5-13(2)6-8-15)22-23-20(25)30-12-24-10-16(9-21-24)26(27)28/h5-11H,4,12H2,1-3H3. The summed E-state index contributed by atoms with van der Waals surface area (Å²) in [6.07, 6.45) is 2.66. The number of aromatic nitrogens is 5. The van der Waals surface area contributed by atoms with Crippen LogP contribution < -0.4 is 0 Å². The minimum absolute atomic E-state index is 0.0234. The van der Waals surface area contributed by atoms with Crippen molar-refractivity contribution in [3.05, 3.63) is 62.6 Å². The average molecular weight is 441 g/mol. The maximum Gasteiger partial charge on any atom is 0.307 e. The second-order valence-corrected chi connectivity index (χ2v) is 8.76. The van der Waals surface area contributed by atoms with Gasteiger partial charge in [0.1, 0.15) is 12.4 Å². The second kappa shape index (κ2) is 8.41. The maximum atomic E-state index is 10.8. The summed E-state index contributed by atoms with van der Waals surface area (Å²) in [6.45, 7) is 6.97. The maximum absolute atomic E-state index is 10.8.